The van der Waals surface area contributed by atoms with Gasteiger partial charge in [0.15, 0.2) is 0 Å². The maximum Gasteiger partial charge on any atom is 0.335 e. The van der Waals surface area contributed by atoms with Gasteiger partial charge in [0.2, 0.25) is 0 Å². The second-order valence-electron chi connectivity index (χ2n) is 4.57. The highest BCUT2D eigenvalue weighted by Gasteiger charge is 2.28. The standard InChI is InChI=1S/C14H17NO5/c16-8-7-15(13(17)12-2-1-9-20-12)11-5-3-10(4-6-11)14(18)19/h3-6,12,16H,1-2,7-9H2,(H,18,19). The second kappa shape index (κ2) is 6.49. The molecule has 20 heavy (non-hydrogen) atoms. The van der Waals surface area contributed by atoms with E-state index in [1.807, 2.05) is 0 Å². The van der Waals surface area contributed by atoms with Gasteiger partial charge in [0.1, 0.15) is 6.10 Å². The van der Waals surface area contributed by atoms with Crippen molar-refractivity contribution in [3.8, 4) is 0 Å². The van der Waals surface area contributed by atoms with Gasteiger partial charge in [0.05, 0.1) is 12.2 Å². The van der Waals surface area contributed by atoms with Gasteiger partial charge in [0, 0.05) is 18.8 Å². The fraction of sp³-hybridized carbons (Fsp3) is 0.429. The van der Waals surface area contributed by atoms with Gasteiger partial charge in [0.25, 0.3) is 5.91 Å². The van der Waals surface area contributed by atoms with Crippen molar-refractivity contribution in [2.45, 2.75) is 18.9 Å². The first-order valence-corrected chi connectivity index (χ1v) is 6.50. The number of hydrogen-bond donors (Lipinski definition) is 2. The minimum atomic E-state index is -1.02. The maximum absolute atomic E-state index is 12.3. The molecule has 6 nitrogen and oxygen atoms in total. The predicted molar refractivity (Wildman–Crippen MR) is 71.8 cm³/mol. The van der Waals surface area contributed by atoms with Crippen LogP contribution in [0.3, 0.4) is 0 Å². The number of carboxylic acids is 1. The normalized spacial score (nSPS) is 17.9. The number of rotatable bonds is 5. The number of carbonyl (C=O) groups excluding carboxylic acids is 1. The van der Waals surface area contributed by atoms with Crippen LogP contribution in [0.5, 0.6) is 0 Å². The molecule has 1 aromatic rings. The van der Waals surface area contributed by atoms with Crippen LogP contribution in [0.2, 0.25) is 0 Å². The van der Waals surface area contributed by atoms with Crippen molar-refractivity contribution in [3.63, 3.8) is 0 Å². The minimum absolute atomic E-state index is 0.155. The van der Waals surface area contributed by atoms with Crippen LogP contribution >= 0.6 is 0 Å². The molecule has 6 heteroatoms. The van der Waals surface area contributed by atoms with E-state index in [0.29, 0.717) is 18.7 Å². The molecule has 1 aliphatic rings. The SMILES string of the molecule is O=C(O)c1ccc(N(CCO)C(=O)C2CCCO2)cc1. The van der Waals surface area contributed by atoms with Crippen LogP contribution in [0, 0.1) is 0 Å². The maximum atomic E-state index is 12.3. The molecule has 1 amide bonds. The van der Waals surface area contributed by atoms with Gasteiger partial charge in [-0.25, -0.2) is 4.79 Å². The Hall–Kier alpha value is -1.92. The highest BCUT2D eigenvalue weighted by atomic mass is 16.5. The average molecular weight is 279 g/mol. The van der Waals surface area contributed by atoms with Crippen LogP contribution in [0.1, 0.15) is 23.2 Å². The van der Waals surface area contributed by atoms with Crippen LogP contribution in [-0.4, -0.2) is 48.0 Å². The summed E-state index contributed by atoms with van der Waals surface area (Å²) in [5.74, 6) is -1.21. The number of carboxylic acid groups (broad SMARTS) is 1. The number of benzene rings is 1. The van der Waals surface area contributed by atoms with Gasteiger partial charge in [-0.15, -0.1) is 0 Å². The molecular weight excluding hydrogens is 262 g/mol. The Morgan fingerprint density at radius 3 is 2.50 bits per heavy atom. The lowest BCUT2D eigenvalue weighted by molar-refractivity contribution is -0.127. The zero-order valence-electron chi connectivity index (χ0n) is 11.0. The number of ether oxygens (including phenoxy) is 1. The van der Waals surface area contributed by atoms with Crippen molar-refractivity contribution < 1.29 is 24.5 Å². The summed E-state index contributed by atoms with van der Waals surface area (Å²) < 4.78 is 5.36. The smallest absolute Gasteiger partial charge is 0.335 e. The molecule has 0 saturated carbocycles. The number of aromatic carboxylic acids is 1. The number of amides is 1. The van der Waals surface area contributed by atoms with E-state index in [9.17, 15) is 9.59 Å². The fourth-order valence-electron chi connectivity index (χ4n) is 2.20. The molecule has 1 fully saturated rings. The van der Waals surface area contributed by atoms with E-state index < -0.39 is 12.1 Å². The van der Waals surface area contributed by atoms with E-state index in [4.69, 9.17) is 14.9 Å². The molecular formula is C14H17NO5. The van der Waals surface area contributed by atoms with Crippen LogP contribution in [0.15, 0.2) is 24.3 Å². The molecule has 0 radical (unpaired) electrons. The third kappa shape index (κ3) is 3.15. The van der Waals surface area contributed by atoms with Gasteiger partial charge in [-0.1, -0.05) is 0 Å². The number of nitrogens with zero attached hydrogens (tertiary/aromatic N) is 1. The van der Waals surface area contributed by atoms with E-state index >= 15 is 0 Å². The molecule has 1 atom stereocenters. The van der Waals surface area contributed by atoms with Crippen molar-refractivity contribution >= 4 is 17.6 Å². The van der Waals surface area contributed by atoms with Crippen molar-refractivity contribution in [2.24, 2.45) is 0 Å². The Bertz CT molecular complexity index is 479. The van der Waals surface area contributed by atoms with E-state index in [1.54, 1.807) is 12.1 Å². The summed E-state index contributed by atoms with van der Waals surface area (Å²) in [5, 5.41) is 18.0. The van der Waals surface area contributed by atoms with Crippen LogP contribution in [0.4, 0.5) is 5.69 Å². The Kier molecular flexibility index (Phi) is 4.70. The van der Waals surface area contributed by atoms with Gasteiger partial charge in [-0.05, 0) is 37.1 Å². The monoisotopic (exact) mass is 279 g/mol. The lowest BCUT2D eigenvalue weighted by atomic mass is 10.1. The van der Waals surface area contributed by atoms with Crippen molar-refractivity contribution in [3.05, 3.63) is 29.8 Å². The molecule has 1 aliphatic heterocycles. The molecule has 0 bridgehead atoms. The van der Waals surface area contributed by atoms with Crippen molar-refractivity contribution in [1.29, 1.82) is 0 Å². The topological polar surface area (TPSA) is 87.1 Å². The molecule has 2 rings (SSSR count). The zero-order chi connectivity index (χ0) is 14.5. The third-order valence-electron chi connectivity index (χ3n) is 3.22. The summed E-state index contributed by atoms with van der Waals surface area (Å²) in [5.41, 5.74) is 0.715. The van der Waals surface area contributed by atoms with E-state index in [-0.39, 0.29) is 24.6 Å². The third-order valence-corrected chi connectivity index (χ3v) is 3.22. The number of hydrogen-bond acceptors (Lipinski definition) is 4. The highest BCUT2D eigenvalue weighted by molar-refractivity contribution is 5.97. The lowest BCUT2D eigenvalue weighted by Gasteiger charge is -2.24. The number of anilines is 1. The van der Waals surface area contributed by atoms with Crippen LogP contribution < -0.4 is 4.90 Å². The van der Waals surface area contributed by atoms with E-state index in [2.05, 4.69) is 0 Å². The number of aliphatic hydroxyl groups excluding tert-OH is 1. The molecule has 0 spiro atoms. The largest absolute Gasteiger partial charge is 0.478 e. The first-order chi connectivity index (χ1) is 9.63. The van der Waals surface area contributed by atoms with E-state index in [1.165, 1.54) is 17.0 Å². The molecule has 1 unspecified atom stereocenters. The quantitative estimate of drug-likeness (QED) is 0.835. The van der Waals surface area contributed by atoms with Crippen LogP contribution in [0.25, 0.3) is 0 Å². The molecule has 0 aliphatic carbocycles. The Labute approximate surface area is 116 Å². The first-order valence-electron chi connectivity index (χ1n) is 6.50. The second-order valence-corrected chi connectivity index (χ2v) is 4.57. The Morgan fingerprint density at radius 2 is 2.00 bits per heavy atom. The Morgan fingerprint density at radius 1 is 1.30 bits per heavy atom. The number of carbonyl (C=O) groups is 2. The summed E-state index contributed by atoms with van der Waals surface area (Å²) >= 11 is 0. The summed E-state index contributed by atoms with van der Waals surface area (Å²) in [7, 11) is 0. The minimum Gasteiger partial charge on any atom is -0.478 e. The predicted octanol–water partition coefficient (Wildman–Crippen LogP) is 0.889. The Balaban J connectivity index is 2.18. The summed E-state index contributed by atoms with van der Waals surface area (Å²) in [6, 6.07) is 5.99. The first kappa shape index (κ1) is 14.5. The molecule has 1 aromatic carbocycles. The highest BCUT2D eigenvalue weighted by Crippen LogP contribution is 2.21. The van der Waals surface area contributed by atoms with Gasteiger partial charge in [-0.2, -0.15) is 0 Å². The molecule has 1 saturated heterocycles. The van der Waals surface area contributed by atoms with Gasteiger partial charge >= 0.3 is 5.97 Å². The average Bonchev–Trinajstić information content (AvgIpc) is 2.98. The number of aliphatic hydroxyl groups is 1. The summed E-state index contributed by atoms with van der Waals surface area (Å²) in [6.45, 7) is 0.561. The lowest BCUT2D eigenvalue weighted by Crippen LogP contribution is -2.40. The van der Waals surface area contributed by atoms with E-state index in [0.717, 1.165) is 6.42 Å². The fourth-order valence-corrected chi connectivity index (χ4v) is 2.20. The van der Waals surface area contributed by atoms with Gasteiger partial charge < -0.3 is 19.8 Å². The van der Waals surface area contributed by atoms with Gasteiger partial charge in [-0.3, -0.25) is 4.79 Å². The van der Waals surface area contributed by atoms with Crippen LogP contribution in [-0.2, 0) is 9.53 Å². The molecule has 108 valence electrons. The summed E-state index contributed by atoms with van der Waals surface area (Å²) in [6.07, 6.45) is 1.05. The van der Waals surface area contributed by atoms with Crippen molar-refractivity contribution in [2.75, 3.05) is 24.7 Å². The summed E-state index contributed by atoms with van der Waals surface area (Å²) in [4.78, 5) is 24.6. The zero-order valence-corrected chi connectivity index (χ0v) is 11.0. The molecule has 2 N–H and O–H groups in total. The molecule has 0 aromatic heterocycles. The molecule has 1 heterocycles. The van der Waals surface area contributed by atoms with Crippen molar-refractivity contribution in [1.82, 2.24) is 0 Å².